The lowest BCUT2D eigenvalue weighted by Crippen LogP contribution is -2.25. The van der Waals surface area contributed by atoms with Gasteiger partial charge in [-0.1, -0.05) is 6.92 Å². The van der Waals surface area contributed by atoms with E-state index in [1.165, 1.54) is 0 Å². The molecule has 0 spiro atoms. The van der Waals surface area contributed by atoms with Crippen LogP contribution in [0.1, 0.15) is 30.0 Å². The second kappa shape index (κ2) is 4.49. The topological polar surface area (TPSA) is 58.5 Å². The number of H-pyrrole nitrogens is 1. The Morgan fingerprint density at radius 3 is 2.88 bits per heavy atom. The summed E-state index contributed by atoms with van der Waals surface area (Å²) in [6, 6.07) is 0.101. The van der Waals surface area contributed by atoms with Crippen LogP contribution in [0.4, 0.5) is 0 Å². The number of rotatable bonds is 4. The highest BCUT2D eigenvalue weighted by Gasteiger charge is 2.19. The predicted octanol–water partition coefficient (Wildman–Crippen LogP) is 1.15. The molecule has 0 saturated carbocycles. The van der Waals surface area contributed by atoms with Crippen LogP contribution < -0.4 is 5.32 Å². The zero-order chi connectivity index (χ0) is 11.5. The highest BCUT2D eigenvalue weighted by molar-refractivity contribution is 5.26. The van der Waals surface area contributed by atoms with Crippen LogP contribution in [0.15, 0.2) is 18.6 Å². The number of hydrogen-bond donors (Lipinski definition) is 2. The van der Waals surface area contributed by atoms with Crippen LogP contribution in [0.25, 0.3) is 0 Å². The van der Waals surface area contributed by atoms with E-state index in [1.807, 2.05) is 37.1 Å². The van der Waals surface area contributed by atoms with Gasteiger partial charge in [0.1, 0.15) is 5.82 Å². The molecule has 1 unspecified atom stereocenters. The normalized spacial score (nSPS) is 12.9. The molecule has 2 aromatic rings. The molecular formula is C11H17N5. The molecule has 16 heavy (non-hydrogen) atoms. The minimum absolute atomic E-state index is 0.101. The van der Waals surface area contributed by atoms with Crippen molar-refractivity contribution < 1.29 is 0 Å². The lowest BCUT2D eigenvalue weighted by Gasteiger charge is -2.17. The van der Waals surface area contributed by atoms with Gasteiger partial charge >= 0.3 is 0 Å². The third kappa shape index (κ3) is 1.86. The zero-order valence-electron chi connectivity index (χ0n) is 9.86. The van der Waals surface area contributed by atoms with Crippen molar-refractivity contribution in [3.05, 3.63) is 35.7 Å². The Bertz CT molecular complexity index is 416. The molecule has 5 heteroatoms. The summed E-state index contributed by atoms with van der Waals surface area (Å²) in [6.45, 7) is 5.00. The fourth-order valence-electron chi connectivity index (χ4n) is 1.85. The molecule has 0 aromatic carbocycles. The van der Waals surface area contributed by atoms with Gasteiger partial charge in [0.2, 0.25) is 0 Å². The van der Waals surface area contributed by atoms with Crippen molar-refractivity contribution in [1.29, 1.82) is 0 Å². The van der Waals surface area contributed by atoms with Crippen LogP contribution in [0.3, 0.4) is 0 Å². The van der Waals surface area contributed by atoms with E-state index in [0.717, 1.165) is 23.6 Å². The Morgan fingerprint density at radius 2 is 2.38 bits per heavy atom. The first kappa shape index (κ1) is 10.9. The molecule has 2 aromatic heterocycles. The molecule has 1 atom stereocenters. The summed E-state index contributed by atoms with van der Waals surface area (Å²) in [5.41, 5.74) is 2.23. The monoisotopic (exact) mass is 219 g/mol. The molecule has 0 bridgehead atoms. The predicted molar refractivity (Wildman–Crippen MR) is 62.1 cm³/mol. The Labute approximate surface area is 94.9 Å². The molecule has 0 aliphatic heterocycles. The zero-order valence-corrected chi connectivity index (χ0v) is 9.86. The number of aromatic nitrogens is 4. The fraction of sp³-hybridized carbons (Fsp3) is 0.455. The highest BCUT2D eigenvalue weighted by Crippen LogP contribution is 2.21. The quantitative estimate of drug-likeness (QED) is 0.811. The Kier molecular flexibility index (Phi) is 3.05. The first-order valence-electron chi connectivity index (χ1n) is 5.44. The van der Waals surface area contributed by atoms with E-state index in [4.69, 9.17) is 0 Å². The standard InChI is InChI=1S/C11H17N5/c1-4-12-10(9-7-14-15-8(9)2)11-13-5-6-16(11)3/h5-7,10,12H,4H2,1-3H3,(H,14,15). The second-order valence-electron chi connectivity index (χ2n) is 3.84. The van der Waals surface area contributed by atoms with Gasteiger partial charge in [0.05, 0.1) is 12.2 Å². The molecule has 86 valence electrons. The van der Waals surface area contributed by atoms with Gasteiger partial charge in [0, 0.05) is 30.7 Å². The molecule has 2 N–H and O–H groups in total. The second-order valence-corrected chi connectivity index (χ2v) is 3.84. The van der Waals surface area contributed by atoms with Crippen molar-refractivity contribution in [3.8, 4) is 0 Å². The molecule has 0 aliphatic carbocycles. The summed E-state index contributed by atoms with van der Waals surface area (Å²) in [6.07, 6.45) is 5.63. The average molecular weight is 219 g/mol. The summed E-state index contributed by atoms with van der Waals surface area (Å²) in [7, 11) is 2.00. The number of nitrogens with one attached hydrogen (secondary N) is 2. The van der Waals surface area contributed by atoms with Crippen LogP contribution in [0.2, 0.25) is 0 Å². The number of imidazole rings is 1. The van der Waals surface area contributed by atoms with Crippen molar-refractivity contribution in [1.82, 2.24) is 25.1 Å². The van der Waals surface area contributed by atoms with Crippen molar-refractivity contribution >= 4 is 0 Å². The molecule has 0 saturated heterocycles. The third-order valence-electron chi connectivity index (χ3n) is 2.70. The summed E-state index contributed by atoms with van der Waals surface area (Å²) in [5.74, 6) is 1.01. The van der Waals surface area contributed by atoms with E-state index in [1.54, 1.807) is 0 Å². The van der Waals surface area contributed by atoms with Crippen molar-refractivity contribution in [2.75, 3.05) is 6.54 Å². The Morgan fingerprint density at radius 1 is 1.56 bits per heavy atom. The van der Waals surface area contributed by atoms with Crippen LogP contribution in [0.5, 0.6) is 0 Å². The number of hydrogen-bond acceptors (Lipinski definition) is 3. The minimum Gasteiger partial charge on any atom is -0.336 e. The summed E-state index contributed by atoms with van der Waals surface area (Å²) in [5, 5.41) is 10.4. The van der Waals surface area contributed by atoms with E-state index in [9.17, 15) is 0 Å². The van der Waals surface area contributed by atoms with E-state index in [0.29, 0.717) is 0 Å². The molecule has 0 radical (unpaired) electrons. The first-order valence-corrected chi connectivity index (χ1v) is 5.44. The lowest BCUT2D eigenvalue weighted by molar-refractivity contribution is 0.575. The van der Waals surface area contributed by atoms with Gasteiger partial charge in [-0.05, 0) is 13.5 Å². The highest BCUT2D eigenvalue weighted by atomic mass is 15.1. The number of aromatic amines is 1. The van der Waals surface area contributed by atoms with E-state index in [-0.39, 0.29) is 6.04 Å². The van der Waals surface area contributed by atoms with Crippen LogP contribution in [0, 0.1) is 6.92 Å². The molecular weight excluding hydrogens is 202 g/mol. The maximum Gasteiger partial charge on any atom is 0.130 e. The first-order chi connectivity index (χ1) is 7.74. The van der Waals surface area contributed by atoms with Gasteiger partial charge < -0.3 is 9.88 Å². The summed E-state index contributed by atoms with van der Waals surface area (Å²) in [4.78, 5) is 4.39. The van der Waals surface area contributed by atoms with Gasteiger partial charge in [-0.2, -0.15) is 5.10 Å². The van der Waals surface area contributed by atoms with Crippen LogP contribution in [-0.4, -0.2) is 26.3 Å². The molecule has 2 rings (SSSR count). The van der Waals surface area contributed by atoms with E-state index < -0.39 is 0 Å². The molecule has 2 heterocycles. The Balaban J connectivity index is 2.39. The molecule has 0 amide bonds. The summed E-state index contributed by atoms with van der Waals surface area (Å²) >= 11 is 0. The number of aryl methyl sites for hydroxylation is 2. The molecule has 5 nitrogen and oxygen atoms in total. The third-order valence-corrected chi connectivity index (χ3v) is 2.70. The van der Waals surface area contributed by atoms with Crippen LogP contribution in [-0.2, 0) is 7.05 Å². The summed E-state index contributed by atoms with van der Waals surface area (Å²) < 4.78 is 2.03. The van der Waals surface area contributed by atoms with Gasteiger partial charge in [0.25, 0.3) is 0 Å². The van der Waals surface area contributed by atoms with E-state index >= 15 is 0 Å². The molecule has 0 fully saturated rings. The SMILES string of the molecule is CCNC(c1cn[nH]c1C)c1nccn1C. The van der Waals surface area contributed by atoms with Gasteiger partial charge in [-0.3, -0.25) is 5.10 Å². The van der Waals surface area contributed by atoms with Gasteiger partial charge in [0.15, 0.2) is 0 Å². The van der Waals surface area contributed by atoms with Crippen LogP contribution >= 0.6 is 0 Å². The Hall–Kier alpha value is -1.62. The van der Waals surface area contributed by atoms with Gasteiger partial charge in [-0.15, -0.1) is 0 Å². The van der Waals surface area contributed by atoms with Crippen molar-refractivity contribution in [2.45, 2.75) is 19.9 Å². The average Bonchev–Trinajstić information content (AvgIpc) is 2.84. The fourth-order valence-corrected chi connectivity index (χ4v) is 1.85. The van der Waals surface area contributed by atoms with Crippen molar-refractivity contribution in [3.63, 3.8) is 0 Å². The number of nitrogens with zero attached hydrogens (tertiary/aromatic N) is 3. The van der Waals surface area contributed by atoms with Gasteiger partial charge in [-0.25, -0.2) is 4.98 Å². The maximum absolute atomic E-state index is 4.39. The lowest BCUT2D eigenvalue weighted by atomic mass is 10.1. The minimum atomic E-state index is 0.101. The van der Waals surface area contributed by atoms with Crippen molar-refractivity contribution in [2.24, 2.45) is 7.05 Å². The molecule has 0 aliphatic rings. The maximum atomic E-state index is 4.39. The van der Waals surface area contributed by atoms with E-state index in [2.05, 4.69) is 27.4 Å². The smallest absolute Gasteiger partial charge is 0.130 e. The largest absolute Gasteiger partial charge is 0.336 e.